The molecule has 0 saturated heterocycles. The van der Waals surface area contributed by atoms with Crippen LogP contribution in [0.1, 0.15) is 11.3 Å². The molecule has 5 heteroatoms. The minimum absolute atomic E-state index is 0.509. The third-order valence-corrected chi connectivity index (χ3v) is 3.60. The van der Waals surface area contributed by atoms with Gasteiger partial charge in [0.2, 0.25) is 0 Å². The maximum atomic E-state index is 9.29. The Labute approximate surface area is 134 Å². The first-order valence-corrected chi connectivity index (χ1v) is 7.06. The molecule has 23 heavy (non-hydrogen) atoms. The van der Waals surface area contributed by atoms with E-state index < -0.39 is 0 Å². The average molecular weight is 305 g/mol. The van der Waals surface area contributed by atoms with E-state index in [4.69, 9.17) is 9.47 Å². The van der Waals surface area contributed by atoms with Gasteiger partial charge in [0.25, 0.3) is 0 Å². The Morgan fingerprint density at radius 3 is 2.30 bits per heavy atom. The van der Waals surface area contributed by atoms with Gasteiger partial charge in [-0.25, -0.2) is 4.98 Å². The maximum absolute atomic E-state index is 9.29. The third-order valence-electron chi connectivity index (χ3n) is 3.60. The zero-order valence-corrected chi connectivity index (χ0v) is 13.1. The second-order valence-electron chi connectivity index (χ2n) is 5.08. The van der Waals surface area contributed by atoms with E-state index in [1.54, 1.807) is 26.5 Å². The molecule has 1 aromatic heterocycles. The van der Waals surface area contributed by atoms with E-state index in [2.05, 4.69) is 16.0 Å². The van der Waals surface area contributed by atoms with E-state index >= 15 is 0 Å². The Morgan fingerprint density at radius 2 is 1.70 bits per heavy atom. The van der Waals surface area contributed by atoms with Crippen molar-refractivity contribution in [3.05, 3.63) is 47.8 Å². The molecule has 0 atom stereocenters. The van der Waals surface area contributed by atoms with Crippen LogP contribution in [0.3, 0.4) is 0 Å². The molecular formula is C18H15N3O2. The monoisotopic (exact) mass is 305 g/mol. The van der Waals surface area contributed by atoms with E-state index in [1.165, 1.54) is 0 Å². The van der Waals surface area contributed by atoms with E-state index in [1.807, 2.05) is 31.2 Å². The number of hydrogen-bond donors (Lipinski definition) is 0. The number of benzene rings is 2. The lowest BCUT2D eigenvalue weighted by Crippen LogP contribution is -1.94. The Hall–Kier alpha value is -3.13. The molecule has 3 rings (SSSR count). The van der Waals surface area contributed by atoms with Gasteiger partial charge in [-0.15, -0.1) is 0 Å². The summed E-state index contributed by atoms with van der Waals surface area (Å²) in [6.45, 7) is 1.86. The van der Waals surface area contributed by atoms with Crippen LogP contribution in [0.15, 0.2) is 36.5 Å². The summed E-state index contributed by atoms with van der Waals surface area (Å²) in [6, 6.07) is 11.4. The number of ether oxygens (including phenoxy) is 2. The molecule has 0 saturated carbocycles. The Kier molecular flexibility index (Phi) is 3.82. The molecule has 114 valence electrons. The minimum atomic E-state index is 0.509. The number of methoxy groups -OCH3 is 2. The van der Waals surface area contributed by atoms with Crippen molar-refractivity contribution in [2.24, 2.45) is 0 Å². The number of nitriles is 1. The molecule has 0 radical (unpaired) electrons. The predicted molar refractivity (Wildman–Crippen MR) is 87.5 cm³/mol. The van der Waals surface area contributed by atoms with Crippen molar-refractivity contribution in [3.63, 3.8) is 0 Å². The Morgan fingerprint density at radius 1 is 1.00 bits per heavy atom. The first-order valence-electron chi connectivity index (χ1n) is 7.06. The van der Waals surface area contributed by atoms with Crippen LogP contribution in [0.4, 0.5) is 0 Å². The second-order valence-corrected chi connectivity index (χ2v) is 5.08. The number of aromatic nitrogens is 2. The van der Waals surface area contributed by atoms with Gasteiger partial charge in [-0.1, -0.05) is 6.07 Å². The quantitative estimate of drug-likeness (QED) is 0.741. The van der Waals surface area contributed by atoms with Gasteiger partial charge in [-0.3, -0.25) is 4.98 Å². The van der Waals surface area contributed by atoms with Crippen LogP contribution in [-0.2, 0) is 0 Å². The molecule has 0 amide bonds. The fourth-order valence-corrected chi connectivity index (χ4v) is 2.47. The van der Waals surface area contributed by atoms with E-state index in [-0.39, 0.29) is 0 Å². The molecular weight excluding hydrogens is 290 g/mol. The molecule has 3 aromatic rings. The highest BCUT2D eigenvalue weighted by Gasteiger charge is 2.12. The molecule has 0 fully saturated rings. The summed E-state index contributed by atoms with van der Waals surface area (Å²) in [5, 5.41) is 9.29. The standard InChI is InChI=1S/C18H15N3O2/c1-11-10-20-18-16(5-4-12(9-19)17(18)21-11)13-6-14(22-2)8-15(7-13)23-3/h4-8,10H,1-3H3. The van der Waals surface area contributed by atoms with Gasteiger partial charge in [0.15, 0.2) is 0 Å². The van der Waals surface area contributed by atoms with Gasteiger partial charge in [-0.05, 0) is 30.7 Å². The molecule has 0 bridgehead atoms. The van der Waals surface area contributed by atoms with Crippen LogP contribution in [0.25, 0.3) is 22.2 Å². The first kappa shape index (κ1) is 14.8. The van der Waals surface area contributed by atoms with Crippen molar-refractivity contribution in [1.29, 1.82) is 5.26 Å². The van der Waals surface area contributed by atoms with Gasteiger partial charge in [-0.2, -0.15) is 5.26 Å². The summed E-state index contributed by atoms with van der Waals surface area (Å²) >= 11 is 0. The highest BCUT2D eigenvalue weighted by molar-refractivity contribution is 5.95. The Bertz CT molecular complexity index is 907. The van der Waals surface area contributed by atoms with Crippen LogP contribution in [-0.4, -0.2) is 24.2 Å². The molecule has 0 aliphatic heterocycles. The SMILES string of the molecule is COc1cc(OC)cc(-c2ccc(C#N)c3nc(C)cnc23)c1. The number of rotatable bonds is 3. The number of aryl methyl sites for hydroxylation is 1. The van der Waals surface area contributed by atoms with Gasteiger partial charge in [0.05, 0.1) is 31.0 Å². The molecule has 0 N–H and O–H groups in total. The summed E-state index contributed by atoms with van der Waals surface area (Å²) in [5.41, 5.74) is 4.35. The fourth-order valence-electron chi connectivity index (χ4n) is 2.47. The van der Waals surface area contributed by atoms with Crippen LogP contribution < -0.4 is 9.47 Å². The van der Waals surface area contributed by atoms with Crippen molar-refractivity contribution in [3.8, 4) is 28.7 Å². The number of hydrogen-bond acceptors (Lipinski definition) is 5. The van der Waals surface area contributed by atoms with Crippen LogP contribution in [0, 0.1) is 18.3 Å². The van der Waals surface area contributed by atoms with Crippen molar-refractivity contribution in [2.45, 2.75) is 6.92 Å². The largest absolute Gasteiger partial charge is 0.497 e. The number of nitrogens with zero attached hydrogens (tertiary/aromatic N) is 3. The van der Waals surface area contributed by atoms with Gasteiger partial charge in [0, 0.05) is 17.8 Å². The lowest BCUT2D eigenvalue weighted by atomic mass is 10.0. The molecule has 5 nitrogen and oxygen atoms in total. The van der Waals surface area contributed by atoms with Crippen molar-refractivity contribution in [1.82, 2.24) is 9.97 Å². The van der Waals surface area contributed by atoms with E-state index in [0.29, 0.717) is 28.1 Å². The normalized spacial score (nSPS) is 10.3. The summed E-state index contributed by atoms with van der Waals surface area (Å²) in [4.78, 5) is 8.95. The molecule has 0 aliphatic rings. The first-order chi connectivity index (χ1) is 11.2. The molecule has 1 heterocycles. The van der Waals surface area contributed by atoms with E-state index in [0.717, 1.165) is 16.8 Å². The van der Waals surface area contributed by atoms with Crippen LogP contribution in [0.2, 0.25) is 0 Å². The van der Waals surface area contributed by atoms with Crippen molar-refractivity contribution >= 4 is 11.0 Å². The molecule has 0 spiro atoms. The molecule has 0 aliphatic carbocycles. The van der Waals surface area contributed by atoms with Crippen LogP contribution >= 0.6 is 0 Å². The summed E-state index contributed by atoms with van der Waals surface area (Å²) in [6.07, 6.45) is 1.70. The summed E-state index contributed by atoms with van der Waals surface area (Å²) in [5.74, 6) is 1.38. The van der Waals surface area contributed by atoms with Crippen LogP contribution in [0.5, 0.6) is 11.5 Å². The lowest BCUT2D eigenvalue weighted by Gasteiger charge is -2.11. The summed E-state index contributed by atoms with van der Waals surface area (Å²) in [7, 11) is 3.22. The summed E-state index contributed by atoms with van der Waals surface area (Å²) < 4.78 is 10.7. The molecule has 2 aromatic carbocycles. The highest BCUT2D eigenvalue weighted by atomic mass is 16.5. The van der Waals surface area contributed by atoms with Gasteiger partial charge < -0.3 is 9.47 Å². The average Bonchev–Trinajstić information content (AvgIpc) is 2.60. The fraction of sp³-hybridized carbons (Fsp3) is 0.167. The predicted octanol–water partition coefficient (Wildman–Crippen LogP) is 3.49. The van der Waals surface area contributed by atoms with E-state index in [9.17, 15) is 5.26 Å². The third kappa shape index (κ3) is 2.67. The zero-order chi connectivity index (χ0) is 16.4. The van der Waals surface area contributed by atoms with Crippen molar-refractivity contribution < 1.29 is 9.47 Å². The zero-order valence-electron chi connectivity index (χ0n) is 13.1. The maximum Gasteiger partial charge on any atom is 0.123 e. The van der Waals surface area contributed by atoms with Crippen molar-refractivity contribution in [2.75, 3.05) is 14.2 Å². The lowest BCUT2D eigenvalue weighted by molar-refractivity contribution is 0.394. The molecule has 0 unspecified atom stereocenters. The topological polar surface area (TPSA) is 68.0 Å². The van der Waals surface area contributed by atoms with Gasteiger partial charge >= 0.3 is 0 Å². The number of fused-ring (bicyclic) bond motifs is 1. The minimum Gasteiger partial charge on any atom is -0.497 e. The highest BCUT2D eigenvalue weighted by Crippen LogP contribution is 2.33. The second kappa shape index (κ2) is 5.93. The Balaban J connectivity index is 2.31. The van der Waals surface area contributed by atoms with Gasteiger partial charge in [0.1, 0.15) is 23.1 Å². The smallest absolute Gasteiger partial charge is 0.123 e.